The van der Waals surface area contributed by atoms with Crippen LogP contribution in [-0.2, 0) is 0 Å². The molecule has 19 heavy (non-hydrogen) atoms. The number of aromatic nitrogens is 2. The number of rotatable bonds is 5. The third kappa shape index (κ3) is 3.68. The molecule has 5 heteroatoms. The van der Waals surface area contributed by atoms with E-state index in [0.29, 0.717) is 11.5 Å². The minimum Gasteiger partial charge on any atom is -0.370 e. The average Bonchev–Trinajstić information content (AvgIpc) is 2.46. The molecular weight excluding hydrogens is 238 g/mol. The van der Waals surface area contributed by atoms with E-state index in [4.69, 9.17) is 5.26 Å². The molecule has 0 atom stereocenters. The Morgan fingerprint density at radius 1 is 1.21 bits per heavy atom. The second kappa shape index (κ2) is 6.36. The minimum atomic E-state index is 0.533. The van der Waals surface area contributed by atoms with Crippen LogP contribution >= 0.6 is 0 Å². The van der Waals surface area contributed by atoms with Gasteiger partial charge in [0.25, 0.3) is 0 Å². The Labute approximate surface area is 112 Å². The first-order valence-electron chi connectivity index (χ1n) is 6.16. The molecule has 5 nitrogen and oxygen atoms in total. The van der Waals surface area contributed by atoms with Gasteiger partial charge in [-0.15, -0.1) is 0 Å². The highest BCUT2D eigenvalue weighted by Gasteiger charge is 2.00. The van der Waals surface area contributed by atoms with Gasteiger partial charge in [-0.05, 0) is 36.8 Å². The Morgan fingerprint density at radius 3 is 2.68 bits per heavy atom. The summed E-state index contributed by atoms with van der Waals surface area (Å²) in [6, 6.07) is 11.1. The molecule has 0 aliphatic heterocycles. The molecule has 0 saturated heterocycles. The van der Waals surface area contributed by atoms with Crippen LogP contribution in [0.1, 0.15) is 18.9 Å². The van der Waals surface area contributed by atoms with Crippen molar-refractivity contribution in [3.63, 3.8) is 0 Å². The van der Waals surface area contributed by atoms with E-state index in [1.165, 1.54) is 0 Å². The van der Waals surface area contributed by atoms with E-state index in [1.807, 2.05) is 18.2 Å². The molecule has 1 aromatic heterocycles. The van der Waals surface area contributed by atoms with Crippen LogP contribution in [0.5, 0.6) is 0 Å². The zero-order valence-electron chi connectivity index (χ0n) is 10.7. The molecule has 0 aliphatic carbocycles. The van der Waals surface area contributed by atoms with Crippen molar-refractivity contribution in [3.05, 3.63) is 42.1 Å². The van der Waals surface area contributed by atoms with E-state index >= 15 is 0 Å². The number of nitrogens with zero attached hydrogens (tertiary/aromatic N) is 3. The topological polar surface area (TPSA) is 73.6 Å². The molecule has 0 unspecified atom stereocenters. The maximum Gasteiger partial charge on any atom is 0.229 e. The number of nitriles is 1. The molecule has 1 heterocycles. The van der Waals surface area contributed by atoms with Gasteiger partial charge in [0.1, 0.15) is 5.82 Å². The van der Waals surface area contributed by atoms with Crippen molar-refractivity contribution in [1.29, 1.82) is 5.26 Å². The molecule has 2 rings (SSSR count). The zero-order chi connectivity index (χ0) is 13.5. The third-order valence-electron chi connectivity index (χ3n) is 2.48. The van der Waals surface area contributed by atoms with E-state index in [-0.39, 0.29) is 0 Å². The van der Waals surface area contributed by atoms with Gasteiger partial charge in [-0.1, -0.05) is 6.92 Å². The maximum absolute atomic E-state index is 8.73. The molecule has 0 aliphatic rings. The molecule has 0 spiro atoms. The van der Waals surface area contributed by atoms with Gasteiger partial charge in [-0.2, -0.15) is 10.2 Å². The fourth-order valence-corrected chi connectivity index (χ4v) is 1.53. The first-order chi connectivity index (χ1) is 9.31. The Morgan fingerprint density at radius 2 is 2.00 bits per heavy atom. The second-order valence-corrected chi connectivity index (χ2v) is 4.01. The SMILES string of the molecule is CCCNc1ccnc(Nc2ccc(C#N)cc2)n1. The van der Waals surface area contributed by atoms with E-state index in [9.17, 15) is 0 Å². The maximum atomic E-state index is 8.73. The van der Waals surface area contributed by atoms with Crippen molar-refractivity contribution in [2.45, 2.75) is 13.3 Å². The van der Waals surface area contributed by atoms with Gasteiger partial charge in [0.05, 0.1) is 11.6 Å². The van der Waals surface area contributed by atoms with Crippen LogP contribution in [0.15, 0.2) is 36.5 Å². The summed E-state index contributed by atoms with van der Waals surface area (Å²) in [5.74, 6) is 1.33. The lowest BCUT2D eigenvalue weighted by Crippen LogP contribution is -2.04. The molecule has 0 saturated carbocycles. The van der Waals surface area contributed by atoms with Crippen LogP contribution in [-0.4, -0.2) is 16.5 Å². The van der Waals surface area contributed by atoms with Gasteiger partial charge in [-0.3, -0.25) is 0 Å². The fraction of sp³-hybridized carbons (Fsp3) is 0.214. The Balaban J connectivity index is 2.07. The summed E-state index contributed by atoms with van der Waals surface area (Å²) in [6.45, 7) is 2.98. The quantitative estimate of drug-likeness (QED) is 0.857. The van der Waals surface area contributed by atoms with Gasteiger partial charge in [0.15, 0.2) is 0 Å². The summed E-state index contributed by atoms with van der Waals surface area (Å²) in [7, 11) is 0. The molecule has 2 N–H and O–H groups in total. The Hall–Kier alpha value is -2.61. The molecular formula is C14H15N5. The van der Waals surface area contributed by atoms with Crippen molar-refractivity contribution in [2.24, 2.45) is 0 Å². The van der Waals surface area contributed by atoms with E-state index in [1.54, 1.807) is 18.3 Å². The van der Waals surface area contributed by atoms with Gasteiger partial charge in [-0.25, -0.2) is 4.98 Å². The molecule has 0 fully saturated rings. The largest absolute Gasteiger partial charge is 0.370 e. The standard InChI is InChI=1S/C14H15N5/c1-2-8-16-13-7-9-17-14(19-13)18-12-5-3-11(10-15)4-6-12/h3-7,9H,2,8H2,1H3,(H2,16,17,18,19). The van der Waals surface area contributed by atoms with Crippen molar-refractivity contribution in [1.82, 2.24) is 9.97 Å². The van der Waals surface area contributed by atoms with Crippen LogP contribution in [0.2, 0.25) is 0 Å². The fourth-order valence-electron chi connectivity index (χ4n) is 1.53. The molecule has 0 amide bonds. The first kappa shape index (κ1) is 12.8. The third-order valence-corrected chi connectivity index (χ3v) is 2.48. The van der Waals surface area contributed by atoms with Crippen LogP contribution in [0.25, 0.3) is 0 Å². The molecule has 0 bridgehead atoms. The number of hydrogen-bond donors (Lipinski definition) is 2. The number of nitrogens with one attached hydrogen (secondary N) is 2. The average molecular weight is 253 g/mol. The summed E-state index contributed by atoms with van der Waals surface area (Å²) in [5, 5.41) is 15.0. The van der Waals surface area contributed by atoms with Crippen molar-refractivity contribution >= 4 is 17.5 Å². The molecule has 96 valence electrons. The van der Waals surface area contributed by atoms with Gasteiger partial charge in [0, 0.05) is 18.4 Å². The Bertz CT molecular complexity index is 571. The summed E-state index contributed by atoms with van der Waals surface area (Å²) in [4.78, 5) is 8.51. The van der Waals surface area contributed by atoms with Crippen LogP contribution in [0.4, 0.5) is 17.5 Å². The predicted molar refractivity (Wildman–Crippen MR) is 75.3 cm³/mol. The summed E-state index contributed by atoms with van der Waals surface area (Å²) in [5.41, 5.74) is 1.48. The Kier molecular flexibility index (Phi) is 4.29. The zero-order valence-corrected chi connectivity index (χ0v) is 10.7. The highest BCUT2D eigenvalue weighted by molar-refractivity contribution is 5.56. The van der Waals surface area contributed by atoms with Crippen molar-refractivity contribution in [2.75, 3.05) is 17.2 Å². The smallest absolute Gasteiger partial charge is 0.229 e. The number of benzene rings is 1. The monoisotopic (exact) mass is 253 g/mol. The van der Waals surface area contributed by atoms with Crippen LogP contribution in [0.3, 0.4) is 0 Å². The van der Waals surface area contributed by atoms with Crippen LogP contribution in [0, 0.1) is 11.3 Å². The lowest BCUT2D eigenvalue weighted by Gasteiger charge is -2.07. The van der Waals surface area contributed by atoms with E-state index in [2.05, 4.69) is 33.6 Å². The van der Waals surface area contributed by atoms with Crippen molar-refractivity contribution in [3.8, 4) is 6.07 Å². The first-order valence-corrected chi connectivity index (χ1v) is 6.16. The minimum absolute atomic E-state index is 0.533. The molecule has 2 aromatic rings. The highest BCUT2D eigenvalue weighted by atomic mass is 15.1. The molecule has 1 aromatic carbocycles. The summed E-state index contributed by atoms with van der Waals surface area (Å²) in [6.07, 6.45) is 2.75. The normalized spacial score (nSPS) is 9.68. The van der Waals surface area contributed by atoms with E-state index in [0.717, 1.165) is 24.5 Å². The summed E-state index contributed by atoms with van der Waals surface area (Å²) >= 11 is 0. The van der Waals surface area contributed by atoms with Crippen LogP contribution < -0.4 is 10.6 Å². The predicted octanol–water partition coefficient (Wildman–Crippen LogP) is 2.91. The van der Waals surface area contributed by atoms with Crippen molar-refractivity contribution < 1.29 is 0 Å². The lowest BCUT2D eigenvalue weighted by molar-refractivity contribution is 0.966. The van der Waals surface area contributed by atoms with Gasteiger partial charge >= 0.3 is 0 Å². The van der Waals surface area contributed by atoms with E-state index < -0.39 is 0 Å². The number of anilines is 3. The van der Waals surface area contributed by atoms with Gasteiger partial charge < -0.3 is 10.6 Å². The second-order valence-electron chi connectivity index (χ2n) is 4.01. The van der Waals surface area contributed by atoms with Gasteiger partial charge in [0.2, 0.25) is 5.95 Å². The highest BCUT2D eigenvalue weighted by Crippen LogP contribution is 2.14. The lowest BCUT2D eigenvalue weighted by atomic mass is 10.2. The summed E-state index contributed by atoms with van der Waals surface area (Å²) < 4.78 is 0. The molecule has 0 radical (unpaired) electrons. The number of hydrogen-bond acceptors (Lipinski definition) is 5.